The van der Waals surface area contributed by atoms with Gasteiger partial charge in [0.1, 0.15) is 5.82 Å². The van der Waals surface area contributed by atoms with Gasteiger partial charge in [-0.3, -0.25) is 0 Å². The standard InChI is InChI=1S/C12H14FNO2S2/c13-10-5-8(12(15)16)1-2-11(10)14-6-9-7-17-3-4-18-9/h1-2,5,9,14H,3-4,6-7H2,(H,15,16). The highest BCUT2D eigenvalue weighted by molar-refractivity contribution is 8.06. The average Bonchev–Trinajstić information content (AvgIpc) is 2.38. The van der Waals surface area contributed by atoms with Crippen molar-refractivity contribution in [3.05, 3.63) is 29.6 Å². The van der Waals surface area contributed by atoms with E-state index in [-0.39, 0.29) is 5.56 Å². The zero-order chi connectivity index (χ0) is 13.0. The van der Waals surface area contributed by atoms with Gasteiger partial charge in [0.15, 0.2) is 0 Å². The van der Waals surface area contributed by atoms with E-state index < -0.39 is 11.8 Å². The molecule has 1 aromatic rings. The van der Waals surface area contributed by atoms with Gasteiger partial charge in [0, 0.05) is 29.1 Å². The number of carbonyl (C=O) groups is 1. The first kappa shape index (κ1) is 13.5. The maximum Gasteiger partial charge on any atom is 0.335 e. The van der Waals surface area contributed by atoms with Crippen molar-refractivity contribution in [1.29, 1.82) is 0 Å². The lowest BCUT2D eigenvalue weighted by Gasteiger charge is -2.21. The predicted octanol–water partition coefficient (Wildman–Crippen LogP) is 2.78. The van der Waals surface area contributed by atoms with Crippen LogP contribution < -0.4 is 5.32 Å². The second-order valence-electron chi connectivity index (χ2n) is 3.95. The van der Waals surface area contributed by atoms with Crippen molar-refractivity contribution < 1.29 is 14.3 Å². The number of anilines is 1. The summed E-state index contributed by atoms with van der Waals surface area (Å²) < 4.78 is 13.6. The summed E-state index contributed by atoms with van der Waals surface area (Å²) in [5.41, 5.74) is 0.344. The highest BCUT2D eigenvalue weighted by Gasteiger charge is 2.15. The molecule has 2 rings (SSSR count). The summed E-state index contributed by atoms with van der Waals surface area (Å²) in [7, 11) is 0. The number of hydrogen-bond acceptors (Lipinski definition) is 4. The molecular formula is C12H14FNO2S2. The van der Waals surface area contributed by atoms with Crippen LogP contribution in [0.1, 0.15) is 10.4 Å². The summed E-state index contributed by atoms with van der Waals surface area (Å²) >= 11 is 3.81. The van der Waals surface area contributed by atoms with Gasteiger partial charge in [-0.25, -0.2) is 9.18 Å². The van der Waals surface area contributed by atoms with E-state index >= 15 is 0 Å². The van der Waals surface area contributed by atoms with Crippen LogP contribution in [0.15, 0.2) is 18.2 Å². The molecular weight excluding hydrogens is 273 g/mol. The van der Waals surface area contributed by atoms with Crippen LogP contribution in [0.5, 0.6) is 0 Å². The Hall–Kier alpha value is -0.880. The minimum absolute atomic E-state index is 0.0272. The van der Waals surface area contributed by atoms with Crippen LogP contribution in [0.4, 0.5) is 10.1 Å². The van der Waals surface area contributed by atoms with Crippen LogP contribution in [0.2, 0.25) is 0 Å². The molecule has 0 amide bonds. The number of hydrogen-bond donors (Lipinski definition) is 2. The lowest BCUT2D eigenvalue weighted by Crippen LogP contribution is -2.23. The number of thioether (sulfide) groups is 2. The molecule has 3 nitrogen and oxygen atoms in total. The molecule has 1 aromatic carbocycles. The molecule has 0 aromatic heterocycles. The first-order valence-corrected chi connectivity index (χ1v) is 7.83. The SMILES string of the molecule is O=C(O)c1ccc(NCC2CSCCS2)c(F)c1. The summed E-state index contributed by atoms with van der Waals surface area (Å²) in [6, 6.07) is 3.95. The van der Waals surface area contributed by atoms with Crippen molar-refractivity contribution in [1.82, 2.24) is 0 Å². The van der Waals surface area contributed by atoms with Gasteiger partial charge in [0.25, 0.3) is 0 Å². The number of carboxylic acid groups (broad SMARTS) is 1. The Bertz CT molecular complexity index is 436. The quantitative estimate of drug-likeness (QED) is 0.892. The van der Waals surface area contributed by atoms with Gasteiger partial charge < -0.3 is 10.4 Å². The lowest BCUT2D eigenvalue weighted by molar-refractivity contribution is 0.0696. The Labute approximate surface area is 114 Å². The molecule has 0 saturated carbocycles. The smallest absolute Gasteiger partial charge is 0.335 e. The third-order valence-corrected chi connectivity index (χ3v) is 5.47. The van der Waals surface area contributed by atoms with Crippen LogP contribution in [0.3, 0.4) is 0 Å². The molecule has 1 unspecified atom stereocenters. The Balaban J connectivity index is 1.94. The maximum atomic E-state index is 13.6. The summed E-state index contributed by atoms with van der Waals surface area (Å²) in [6.07, 6.45) is 0. The molecule has 1 heterocycles. The zero-order valence-electron chi connectivity index (χ0n) is 9.69. The van der Waals surface area contributed by atoms with Crippen molar-refractivity contribution >= 4 is 35.2 Å². The van der Waals surface area contributed by atoms with E-state index in [0.717, 1.165) is 17.6 Å². The average molecular weight is 287 g/mol. The van der Waals surface area contributed by atoms with E-state index in [1.165, 1.54) is 17.9 Å². The summed E-state index contributed by atoms with van der Waals surface area (Å²) in [5.74, 6) is 1.77. The first-order chi connectivity index (χ1) is 8.66. The van der Waals surface area contributed by atoms with E-state index in [4.69, 9.17) is 5.11 Å². The van der Waals surface area contributed by atoms with Gasteiger partial charge in [0.05, 0.1) is 11.3 Å². The molecule has 1 saturated heterocycles. The van der Waals surface area contributed by atoms with Gasteiger partial charge in [0.2, 0.25) is 0 Å². The van der Waals surface area contributed by atoms with Gasteiger partial charge in [-0.1, -0.05) is 0 Å². The summed E-state index contributed by atoms with van der Waals surface area (Å²) in [5, 5.41) is 12.3. The van der Waals surface area contributed by atoms with Crippen molar-refractivity contribution in [3.8, 4) is 0 Å². The molecule has 0 aliphatic carbocycles. The van der Waals surface area contributed by atoms with Gasteiger partial charge in [-0.2, -0.15) is 23.5 Å². The van der Waals surface area contributed by atoms with Crippen molar-refractivity contribution in [2.45, 2.75) is 5.25 Å². The molecule has 18 heavy (non-hydrogen) atoms. The van der Waals surface area contributed by atoms with Gasteiger partial charge in [-0.05, 0) is 18.2 Å². The fourth-order valence-electron chi connectivity index (χ4n) is 1.67. The van der Waals surface area contributed by atoms with Gasteiger partial charge >= 0.3 is 5.97 Å². The number of nitrogens with one attached hydrogen (secondary N) is 1. The molecule has 98 valence electrons. The third kappa shape index (κ3) is 3.55. The van der Waals surface area contributed by atoms with Crippen LogP contribution in [0.25, 0.3) is 0 Å². The molecule has 1 fully saturated rings. The second-order valence-corrected chi connectivity index (χ2v) is 6.51. The van der Waals surface area contributed by atoms with E-state index in [0.29, 0.717) is 17.5 Å². The normalized spacial score (nSPS) is 19.5. The Morgan fingerprint density at radius 2 is 2.33 bits per heavy atom. The minimum Gasteiger partial charge on any atom is -0.478 e. The highest BCUT2D eigenvalue weighted by Crippen LogP contribution is 2.25. The Morgan fingerprint density at radius 3 is 2.94 bits per heavy atom. The Morgan fingerprint density at radius 1 is 1.50 bits per heavy atom. The van der Waals surface area contributed by atoms with Crippen LogP contribution in [-0.4, -0.2) is 40.1 Å². The topological polar surface area (TPSA) is 49.3 Å². The molecule has 1 atom stereocenters. The highest BCUT2D eigenvalue weighted by atomic mass is 32.2. The molecule has 0 bridgehead atoms. The zero-order valence-corrected chi connectivity index (χ0v) is 11.3. The predicted molar refractivity (Wildman–Crippen MR) is 75.4 cm³/mol. The van der Waals surface area contributed by atoms with Crippen LogP contribution in [-0.2, 0) is 0 Å². The van der Waals surface area contributed by atoms with Crippen LogP contribution in [0, 0.1) is 5.82 Å². The molecule has 1 aliphatic rings. The van der Waals surface area contributed by atoms with Crippen LogP contribution >= 0.6 is 23.5 Å². The van der Waals surface area contributed by atoms with E-state index in [1.807, 2.05) is 23.5 Å². The van der Waals surface area contributed by atoms with E-state index in [9.17, 15) is 9.18 Å². The number of carboxylic acids is 1. The fourth-order valence-corrected chi connectivity index (χ4v) is 4.28. The van der Waals surface area contributed by atoms with Gasteiger partial charge in [-0.15, -0.1) is 0 Å². The molecule has 0 spiro atoms. The molecule has 2 N–H and O–H groups in total. The maximum absolute atomic E-state index is 13.6. The number of rotatable bonds is 4. The first-order valence-electron chi connectivity index (χ1n) is 5.63. The monoisotopic (exact) mass is 287 g/mol. The molecule has 6 heteroatoms. The fraction of sp³-hybridized carbons (Fsp3) is 0.417. The van der Waals surface area contributed by atoms with Crippen molar-refractivity contribution in [3.63, 3.8) is 0 Å². The van der Waals surface area contributed by atoms with Crippen molar-refractivity contribution in [2.24, 2.45) is 0 Å². The minimum atomic E-state index is -1.11. The van der Waals surface area contributed by atoms with E-state index in [2.05, 4.69) is 5.32 Å². The summed E-state index contributed by atoms with van der Waals surface area (Å²) in [6.45, 7) is 0.709. The number of halogens is 1. The molecule has 0 radical (unpaired) electrons. The molecule has 1 aliphatic heterocycles. The lowest BCUT2D eigenvalue weighted by atomic mass is 10.2. The number of benzene rings is 1. The second kappa shape index (κ2) is 6.33. The van der Waals surface area contributed by atoms with E-state index in [1.54, 1.807) is 0 Å². The van der Waals surface area contributed by atoms with Crippen molar-refractivity contribution in [2.75, 3.05) is 29.1 Å². The third-order valence-electron chi connectivity index (χ3n) is 2.62. The summed E-state index contributed by atoms with van der Waals surface area (Å²) in [4.78, 5) is 10.7. The largest absolute Gasteiger partial charge is 0.478 e. The number of aromatic carboxylic acids is 1. The Kier molecular flexibility index (Phi) is 4.77.